The number of nitrogens with two attached hydrogens (primary N) is 1. The molecular formula is C15H17N3O4. The number of benzene rings is 1. The number of Topliss-reactive ketones (excluding diaryl/α,β-unsaturated/α-hetero) is 1. The second-order valence-electron chi connectivity index (χ2n) is 4.72. The minimum atomic E-state index is -1.02. The zero-order chi connectivity index (χ0) is 16.1. The number of hydrogen-bond donors (Lipinski definition) is 2. The lowest BCUT2D eigenvalue weighted by molar-refractivity contribution is -0.121. The molecule has 0 unspecified atom stereocenters. The molecule has 0 aliphatic heterocycles. The average molecular weight is 303 g/mol. The molecule has 0 saturated carbocycles. The lowest BCUT2D eigenvalue weighted by atomic mass is 10.1. The molecule has 2 aromatic rings. The van der Waals surface area contributed by atoms with Gasteiger partial charge >= 0.3 is 0 Å². The lowest BCUT2D eigenvalue weighted by Crippen LogP contribution is -2.30. The number of aromatic nitrogens is 1. The number of rotatable bonds is 7. The summed E-state index contributed by atoms with van der Waals surface area (Å²) in [4.78, 5) is 34.9. The van der Waals surface area contributed by atoms with E-state index >= 15 is 0 Å². The van der Waals surface area contributed by atoms with Crippen molar-refractivity contribution in [2.24, 2.45) is 5.73 Å². The van der Waals surface area contributed by atoms with Gasteiger partial charge in [0.05, 0.1) is 12.2 Å². The Morgan fingerprint density at radius 1 is 1.27 bits per heavy atom. The number of primary amides is 1. The highest BCUT2D eigenvalue weighted by molar-refractivity contribution is 6.44. The zero-order valence-corrected chi connectivity index (χ0v) is 12.2. The van der Waals surface area contributed by atoms with E-state index in [-0.39, 0.29) is 18.0 Å². The fourth-order valence-electron chi connectivity index (χ4n) is 2.19. The van der Waals surface area contributed by atoms with Crippen molar-refractivity contribution >= 4 is 28.5 Å². The molecule has 1 aromatic carbocycles. The Morgan fingerprint density at radius 3 is 2.68 bits per heavy atom. The Labute approximate surface area is 127 Å². The van der Waals surface area contributed by atoms with E-state index in [0.717, 1.165) is 0 Å². The van der Waals surface area contributed by atoms with E-state index in [1.807, 2.05) is 0 Å². The number of amides is 2. The molecule has 22 heavy (non-hydrogen) atoms. The van der Waals surface area contributed by atoms with Crippen LogP contribution in [0.5, 0.6) is 0 Å². The van der Waals surface area contributed by atoms with Crippen molar-refractivity contribution < 1.29 is 19.1 Å². The van der Waals surface area contributed by atoms with Crippen LogP contribution in [-0.4, -0.2) is 42.4 Å². The maximum Gasteiger partial charge on any atom is 0.289 e. The first-order valence-corrected chi connectivity index (χ1v) is 6.72. The number of hydrogen-bond acceptors (Lipinski definition) is 4. The fourth-order valence-corrected chi connectivity index (χ4v) is 2.19. The van der Waals surface area contributed by atoms with Gasteiger partial charge in [-0.1, -0.05) is 18.2 Å². The van der Waals surface area contributed by atoms with Gasteiger partial charge in [0, 0.05) is 30.8 Å². The number of ether oxygens (including phenoxy) is 1. The molecule has 1 aromatic heterocycles. The van der Waals surface area contributed by atoms with Gasteiger partial charge in [0.15, 0.2) is 0 Å². The third-order valence-corrected chi connectivity index (χ3v) is 3.20. The number of carbonyl (C=O) groups is 3. The molecule has 0 aliphatic carbocycles. The van der Waals surface area contributed by atoms with Crippen LogP contribution in [0.15, 0.2) is 30.5 Å². The van der Waals surface area contributed by atoms with Crippen LogP contribution in [0.1, 0.15) is 10.4 Å². The van der Waals surface area contributed by atoms with Crippen molar-refractivity contribution in [2.45, 2.75) is 6.54 Å². The summed E-state index contributed by atoms with van der Waals surface area (Å²) in [5.74, 6) is -2.00. The second kappa shape index (κ2) is 6.86. The van der Waals surface area contributed by atoms with Gasteiger partial charge < -0.3 is 20.4 Å². The van der Waals surface area contributed by atoms with Gasteiger partial charge in [-0.05, 0) is 6.07 Å². The van der Waals surface area contributed by atoms with Gasteiger partial charge in [0.1, 0.15) is 6.54 Å². The Morgan fingerprint density at radius 2 is 2.00 bits per heavy atom. The number of para-hydroxylation sites is 1. The largest absolute Gasteiger partial charge is 0.383 e. The highest BCUT2D eigenvalue weighted by atomic mass is 16.5. The van der Waals surface area contributed by atoms with E-state index in [4.69, 9.17) is 10.5 Å². The quantitative estimate of drug-likeness (QED) is 0.429. The monoisotopic (exact) mass is 303 g/mol. The van der Waals surface area contributed by atoms with E-state index in [9.17, 15) is 14.4 Å². The Bertz CT molecular complexity index is 721. The molecule has 0 fully saturated rings. The molecule has 3 N–H and O–H groups in total. The summed E-state index contributed by atoms with van der Waals surface area (Å²) < 4.78 is 6.48. The average Bonchev–Trinajstić information content (AvgIpc) is 2.85. The fraction of sp³-hybridized carbons (Fsp3) is 0.267. The minimum absolute atomic E-state index is 0.0380. The SMILES string of the molecule is COCCNC(=O)Cn1cc(C(=O)C(N)=O)c2ccccc21. The normalized spacial score (nSPS) is 10.6. The van der Waals surface area contributed by atoms with Crippen molar-refractivity contribution in [3.8, 4) is 0 Å². The summed E-state index contributed by atoms with van der Waals surface area (Å²) in [6, 6.07) is 7.03. The topological polar surface area (TPSA) is 103 Å². The summed E-state index contributed by atoms with van der Waals surface area (Å²) in [7, 11) is 1.55. The zero-order valence-electron chi connectivity index (χ0n) is 12.2. The summed E-state index contributed by atoms with van der Waals surface area (Å²) in [5.41, 5.74) is 5.95. The number of nitrogens with zero attached hydrogens (tertiary/aromatic N) is 1. The summed E-state index contributed by atoms with van der Waals surface area (Å²) in [6.07, 6.45) is 1.48. The molecule has 0 radical (unpaired) electrons. The van der Waals surface area contributed by atoms with Crippen LogP contribution in [0.3, 0.4) is 0 Å². The third-order valence-electron chi connectivity index (χ3n) is 3.20. The molecule has 0 spiro atoms. The van der Waals surface area contributed by atoms with Gasteiger partial charge in [-0.25, -0.2) is 0 Å². The van der Waals surface area contributed by atoms with E-state index in [1.165, 1.54) is 6.20 Å². The van der Waals surface area contributed by atoms with Gasteiger partial charge in [-0.2, -0.15) is 0 Å². The van der Waals surface area contributed by atoms with Crippen LogP contribution >= 0.6 is 0 Å². The van der Waals surface area contributed by atoms with Crippen molar-refractivity contribution in [3.63, 3.8) is 0 Å². The molecule has 0 aliphatic rings. The van der Waals surface area contributed by atoms with E-state index in [2.05, 4.69) is 5.32 Å². The number of carbonyl (C=O) groups excluding carboxylic acids is 3. The molecule has 0 saturated heterocycles. The molecule has 7 nitrogen and oxygen atoms in total. The summed E-state index contributed by atoms with van der Waals surface area (Å²) in [6.45, 7) is 0.863. The van der Waals surface area contributed by atoms with Gasteiger partial charge in [0.2, 0.25) is 5.91 Å². The number of nitrogens with one attached hydrogen (secondary N) is 1. The lowest BCUT2D eigenvalue weighted by Gasteiger charge is -2.06. The molecular weight excluding hydrogens is 286 g/mol. The maximum atomic E-state index is 11.9. The van der Waals surface area contributed by atoms with Crippen LogP contribution in [0, 0.1) is 0 Å². The predicted octanol–water partition coefficient (Wildman–Crippen LogP) is 0.0719. The van der Waals surface area contributed by atoms with Crippen molar-refractivity contribution in [2.75, 3.05) is 20.3 Å². The van der Waals surface area contributed by atoms with Crippen molar-refractivity contribution in [1.82, 2.24) is 9.88 Å². The van der Waals surface area contributed by atoms with E-state index < -0.39 is 11.7 Å². The van der Waals surface area contributed by atoms with Crippen LogP contribution in [0.25, 0.3) is 10.9 Å². The molecule has 7 heteroatoms. The van der Waals surface area contributed by atoms with Crippen LogP contribution in [0.2, 0.25) is 0 Å². The molecule has 0 bridgehead atoms. The maximum absolute atomic E-state index is 11.9. The minimum Gasteiger partial charge on any atom is -0.383 e. The predicted molar refractivity (Wildman–Crippen MR) is 80.3 cm³/mol. The highest BCUT2D eigenvalue weighted by Gasteiger charge is 2.19. The van der Waals surface area contributed by atoms with E-state index in [0.29, 0.717) is 24.1 Å². The Hall–Kier alpha value is -2.67. The number of ketones is 1. The first kappa shape index (κ1) is 15.7. The first-order chi connectivity index (χ1) is 10.5. The standard InChI is InChI=1S/C15H17N3O4/c1-22-7-6-17-13(19)9-18-8-11(14(20)15(16)21)10-4-2-3-5-12(10)18/h2-5,8H,6-7,9H2,1H3,(H2,16,21)(H,17,19). The number of fused-ring (bicyclic) bond motifs is 1. The Balaban J connectivity index is 2.29. The van der Waals surface area contributed by atoms with Crippen LogP contribution in [-0.2, 0) is 20.9 Å². The van der Waals surface area contributed by atoms with E-state index in [1.54, 1.807) is 35.9 Å². The van der Waals surface area contributed by atoms with Crippen molar-refractivity contribution in [1.29, 1.82) is 0 Å². The number of methoxy groups -OCH3 is 1. The van der Waals surface area contributed by atoms with Gasteiger partial charge in [-0.3, -0.25) is 14.4 Å². The molecule has 0 atom stereocenters. The van der Waals surface area contributed by atoms with Crippen LogP contribution in [0.4, 0.5) is 0 Å². The Kier molecular flexibility index (Phi) is 4.90. The van der Waals surface area contributed by atoms with Crippen LogP contribution < -0.4 is 11.1 Å². The summed E-state index contributed by atoms with van der Waals surface area (Å²) in [5, 5.41) is 3.29. The smallest absolute Gasteiger partial charge is 0.289 e. The molecule has 116 valence electrons. The van der Waals surface area contributed by atoms with Crippen molar-refractivity contribution in [3.05, 3.63) is 36.0 Å². The molecule has 2 rings (SSSR count). The molecule has 2 amide bonds. The van der Waals surface area contributed by atoms with Gasteiger partial charge in [-0.15, -0.1) is 0 Å². The summed E-state index contributed by atoms with van der Waals surface area (Å²) >= 11 is 0. The third kappa shape index (κ3) is 3.32. The van der Waals surface area contributed by atoms with Gasteiger partial charge in [0.25, 0.3) is 11.7 Å². The second-order valence-corrected chi connectivity index (χ2v) is 4.72. The highest BCUT2D eigenvalue weighted by Crippen LogP contribution is 2.21. The first-order valence-electron chi connectivity index (χ1n) is 6.72. The molecule has 1 heterocycles.